The number of nitrogens with zero attached hydrogens (tertiary/aromatic N) is 2. The van der Waals surface area contributed by atoms with Crippen molar-refractivity contribution in [3.8, 4) is 0 Å². The number of halogens is 1. The van der Waals surface area contributed by atoms with E-state index in [1.165, 1.54) is 0 Å². The van der Waals surface area contributed by atoms with Gasteiger partial charge < -0.3 is 5.11 Å². The van der Waals surface area contributed by atoms with Crippen LogP contribution in [0.2, 0.25) is 5.02 Å². The van der Waals surface area contributed by atoms with Gasteiger partial charge in [-0.15, -0.1) is 0 Å². The van der Waals surface area contributed by atoms with E-state index in [0.717, 1.165) is 27.5 Å². The lowest BCUT2D eigenvalue weighted by molar-refractivity contribution is 0.172. The van der Waals surface area contributed by atoms with Crippen LogP contribution in [0.1, 0.15) is 42.0 Å². The van der Waals surface area contributed by atoms with Crippen LogP contribution in [-0.2, 0) is 6.54 Å². The van der Waals surface area contributed by atoms with Crippen molar-refractivity contribution in [3.63, 3.8) is 0 Å². The van der Waals surface area contributed by atoms with Crippen LogP contribution in [0, 0.1) is 13.8 Å². The fourth-order valence-corrected chi connectivity index (χ4v) is 2.57. The van der Waals surface area contributed by atoms with E-state index in [1.807, 2.05) is 49.7 Å². The number of rotatable bonds is 4. The lowest BCUT2D eigenvalue weighted by Crippen LogP contribution is -2.05. The molecule has 2 rings (SSSR count). The van der Waals surface area contributed by atoms with Gasteiger partial charge in [0.1, 0.15) is 0 Å². The fraction of sp³-hybridized carbons (Fsp3) is 0.400. The first-order valence-electron chi connectivity index (χ1n) is 6.49. The molecule has 0 aliphatic carbocycles. The Morgan fingerprint density at radius 3 is 2.74 bits per heavy atom. The molecule has 1 heterocycles. The Morgan fingerprint density at radius 2 is 2.11 bits per heavy atom. The average molecular weight is 279 g/mol. The predicted octanol–water partition coefficient (Wildman–Crippen LogP) is 3.65. The summed E-state index contributed by atoms with van der Waals surface area (Å²) in [7, 11) is 0. The van der Waals surface area contributed by atoms with E-state index >= 15 is 0 Å². The zero-order valence-electron chi connectivity index (χ0n) is 11.5. The molecule has 0 saturated heterocycles. The van der Waals surface area contributed by atoms with Gasteiger partial charge in [0.15, 0.2) is 0 Å². The van der Waals surface area contributed by atoms with Crippen molar-refractivity contribution >= 4 is 11.6 Å². The molecule has 1 N–H and O–H groups in total. The molecule has 0 aliphatic heterocycles. The van der Waals surface area contributed by atoms with E-state index in [0.29, 0.717) is 13.0 Å². The Kier molecular flexibility index (Phi) is 4.27. The molecule has 4 heteroatoms. The number of aryl methyl sites for hydroxylation is 1. The summed E-state index contributed by atoms with van der Waals surface area (Å²) in [5.41, 5.74) is 3.97. The lowest BCUT2D eigenvalue weighted by Gasteiger charge is -2.09. The maximum Gasteiger partial charge on any atom is 0.0823 e. The quantitative estimate of drug-likeness (QED) is 0.927. The monoisotopic (exact) mass is 278 g/mol. The van der Waals surface area contributed by atoms with Crippen molar-refractivity contribution in [2.24, 2.45) is 0 Å². The molecule has 1 aromatic carbocycles. The number of hydrogen-bond acceptors (Lipinski definition) is 2. The van der Waals surface area contributed by atoms with E-state index in [4.69, 9.17) is 11.6 Å². The van der Waals surface area contributed by atoms with Crippen molar-refractivity contribution in [2.75, 3.05) is 0 Å². The van der Waals surface area contributed by atoms with E-state index in [9.17, 15) is 5.11 Å². The summed E-state index contributed by atoms with van der Waals surface area (Å²) in [6.45, 7) is 6.58. The first-order chi connectivity index (χ1) is 9.02. The normalized spacial score (nSPS) is 12.7. The van der Waals surface area contributed by atoms with E-state index in [-0.39, 0.29) is 0 Å². The smallest absolute Gasteiger partial charge is 0.0823 e. The number of benzene rings is 1. The second-order valence-corrected chi connectivity index (χ2v) is 5.23. The van der Waals surface area contributed by atoms with Crippen molar-refractivity contribution in [1.29, 1.82) is 0 Å². The maximum atomic E-state index is 10.0. The first kappa shape index (κ1) is 14.1. The van der Waals surface area contributed by atoms with Gasteiger partial charge in [-0.25, -0.2) is 0 Å². The minimum atomic E-state index is -0.437. The zero-order chi connectivity index (χ0) is 14.0. The van der Waals surface area contributed by atoms with Gasteiger partial charge in [0.25, 0.3) is 0 Å². The van der Waals surface area contributed by atoms with Gasteiger partial charge in [0.2, 0.25) is 0 Å². The van der Waals surface area contributed by atoms with Gasteiger partial charge in [-0.2, -0.15) is 5.10 Å². The molecule has 0 amide bonds. The van der Waals surface area contributed by atoms with Gasteiger partial charge in [-0.1, -0.05) is 30.7 Å². The number of aliphatic hydroxyl groups excluding tert-OH is 1. The predicted molar refractivity (Wildman–Crippen MR) is 77.5 cm³/mol. The topological polar surface area (TPSA) is 38.1 Å². The molecule has 0 aliphatic rings. The lowest BCUT2D eigenvalue weighted by atomic mass is 10.1. The molecule has 3 nitrogen and oxygen atoms in total. The van der Waals surface area contributed by atoms with Crippen LogP contribution in [0.15, 0.2) is 24.3 Å². The van der Waals surface area contributed by atoms with Gasteiger partial charge in [-0.3, -0.25) is 4.68 Å². The minimum absolute atomic E-state index is 0.437. The molecule has 102 valence electrons. The average Bonchev–Trinajstić information content (AvgIpc) is 2.64. The second kappa shape index (κ2) is 5.76. The third-order valence-corrected chi connectivity index (χ3v) is 3.61. The Labute approximate surface area is 118 Å². The standard InChI is InChI=1S/C15H19ClN2O/c1-4-14(19)15-10(2)17-18(11(15)3)9-12-6-5-7-13(16)8-12/h5-8,14,19H,4,9H2,1-3H3. The van der Waals surface area contributed by atoms with Gasteiger partial charge in [0.05, 0.1) is 18.3 Å². The van der Waals surface area contributed by atoms with Crippen LogP contribution in [0.25, 0.3) is 0 Å². The third-order valence-electron chi connectivity index (χ3n) is 3.38. The molecule has 0 radical (unpaired) electrons. The summed E-state index contributed by atoms with van der Waals surface area (Å²) in [6.07, 6.45) is 0.262. The highest BCUT2D eigenvalue weighted by atomic mass is 35.5. The SMILES string of the molecule is CCC(O)c1c(C)nn(Cc2cccc(Cl)c2)c1C. The maximum absolute atomic E-state index is 10.0. The second-order valence-electron chi connectivity index (χ2n) is 4.80. The van der Waals surface area contributed by atoms with Crippen LogP contribution in [-0.4, -0.2) is 14.9 Å². The molecule has 0 saturated carbocycles. The van der Waals surface area contributed by atoms with Crippen LogP contribution < -0.4 is 0 Å². The van der Waals surface area contributed by atoms with Crippen LogP contribution >= 0.6 is 11.6 Å². The van der Waals surface area contributed by atoms with Gasteiger partial charge >= 0.3 is 0 Å². The van der Waals surface area contributed by atoms with Gasteiger partial charge in [0, 0.05) is 16.3 Å². The highest BCUT2D eigenvalue weighted by Gasteiger charge is 2.17. The number of aliphatic hydroxyl groups is 1. The Morgan fingerprint density at radius 1 is 1.37 bits per heavy atom. The number of hydrogen-bond donors (Lipinski definition) is 1. The van der Waals surface area contributed by atoms with E-state index < -0.39 is 6.10 Å². The van der Waals surface area contributed by atoms with E-state index in [1.54, 1.807) is 0 Å². The summed E-state index contributed by atoms with van der Waals surface area (Å²) in [5, 5.41) is 15.3. The molecule has 2 aromatic rings. The van der Waals surface area contributed by atoms with Crippen LogP contribution in [0.5, 0.6) is 0 Å². The summed E-state index contributed by atoms with van der Waals surface area (Å²) in [5.74, 6) is 0. The summed E-state index contributed by atoms with van der Waals surface area (Å²) < 4.78 is 1.93. The highest BCUT2D eigenvalue weighted by molar-refractivity contribution is 6.30. The fourth-order valence-electron chi connectivity index (χ4n) is 2.36. The van der Waals surface area contributed by atoms with Crippen molar-refractivity contribution in [1.82, 2.24) is 9.78 Å². The Balaban J connectivity index is 2.32. The Bertz CT molecular complexity index is 578. The molecule has 1 atom stereocenters. The van der Waals surface area contributed by atoms with Crippen molar-refractivity contribution < 1.29 is 5.11 Å². The minimum Gasteiger partial charge on any atom is -0.388 e. The molecule has 0 spiro atoms. The van der Waals surface area contributed by atoms with Gasteiger partial charge in [-0.05, 0) is 38.0 Å². The summed E-state index contributed by atoms with van der Waals surface area (Å²) >= 11 is 5.99. The van der Waals surface area contributed by atoms with Crippen molar-refractivity contribution in [2.45, 2.75) is 39.8 Å². The van der Waals surface area contributed by atoms with Crippen LogP contribution in [0.4, 0.5) is 0 Å². The Hall–Kier alpha value is -1.32. The number of aromatic nitrogens is 2. The molecule has 1 unspecified atom stereocenters. The zero-order valence-corrected chi connectivity index (χ0v) is 12.3. The summed E-state index contributed by atoms with van der Waals surface area (Å²) in [4.78, 5) is 0. The molecule has 19 heavy (non-hydrogen) atoms. The van der Waals surface area contributed by atoms with Crippen molar-refractivity contribution in [3.05, 3.63) is 51.8 Å². The molecular formula is C15H19ClN2O. The molecular weight excluding hydrogens is 260 g/mol. The largest absolute Gasteiger partial charge is 0.388 e. The molecule has 0 fully saturated rings. The van der Waals surface area contributed by atoms with E-state index in [2.05, 4.69) is 5.10 Å². The molecule has 1 aromatic heterocycles. The molecule has 0 bridgehead atoms. The summed E-state index contributed by atoms with van der Waals surface area (Å²) in [6, 6.07) is 7.76. The van der Waals surface area contributed by atoms with Crippen LogP contribution in [0.3, 0.4) is 0 Å². The third kappa shape index (κ3) is 2.99. The highest BCUT2D eigenvalue weighted by Crippen LogP contribution is 2.24. The first-order valence-corrected chi connectivity index (χ1v) is 6.87.